The molecule has 1 aromatic rings. The summed E-state index contributed by atoms with van der Waals surface area (Å²) >= 11 is 1.58. The van der Waals surface area contributed by atoms with Crippen molar-refractivity contribution in [3.63, 3.8) is 0 Å². The van der Waals surface area contributed by atoms with Gasteiger partial charge in [0.2, 0.25) is 0 Å². The predicted molar refractivity (Wildman–Crippen MR) is 55.7 cm³/mol. The quantitative estimate of drug-likeness (QED) is 0.597. The van der Waals surface area contributed by atoms with Gasteiger partial charge in [0.25, 0.3) is 0 Å². The van der Waals surface area contributed by atoms with E-state index in [1.165, 1.54) is 0 Å². The molecule has 0 heterocycles. The topological polar surface area (TPSA) is 44.5 Å². The van der Waals surface area contributed by atoms with Crippen LogP contribution in [0, 0.1) is 0 Å². The molecule has 2 N–H and O–H groups in total. The van der Waals surface area contributed by atoms with E-state index in [1.807, 2.05) is 12.3 Å². The molecule has 0 aliphatic rings. The fraction of sp³-hybridized carbons (Fsp3) is 0.333. The normalized spacial score (nSPS) is 9.77. The number of benzene rings is 1. The third-order valence-corrected chi connectivity index (χ3v) is 2.43. The third kappa shape index (κ3) is 2.01. The van der Waals surface area contributed by atoms with Crippen LogP contribution in [0.5, 0.6) is 11.5 Å². The largest absolute Gasteiger partial charge is 0.493 e. The molecular formula is C9H13NO2S. The van der Waals surface area contributed by atoms with Crippen molar-refractivity contribution in [2.75, 3.05) is 26.2 Å². The van der Waals surface area contributed by atoms with Crippen molar-refractivity contribution >= 4 is 17.4 Å². The molecule has 13 heavy (non-hydrogen) atoms. The molecule has 4 heteroatoms. The molecule has 1 aromatic carbocycles. The van der Waals surface area contributed by atoms with Crippen LogP contribution in [0.25, 0.3) is 0 Å². The third-order valence-electron chi connectivity index (χ3n) is 1.69. The van der Waals surface area contributed by atoms with E-state index >= 15 is 0 Å². The Bertz CT molecular complexity index is 277. The van der Waals surface area contributed by atoms with Crippen molar-refractivity contribution in [3.05, 3.63) is 12.1 Å². The number of hydrogen-bond acceptors (Lipinski definition) is 4. The van der Waals surface area contributed by atoms with E-state index in [0.717, 1.165) is 10.6 Å². The van der Waals surface area contributed by atoms with Gasteiger partial charge in [-0.15, -0.1) is 11.8 Å². The summed E-state index contributed by atoms with van der Waals surface area (Å²) in [6.07, 6.45) is 1.97. The molecule has 0 amide bonds. The van der Waals surface area contributed by atoms with Gasteiger partial charge in [-0.1, -0.05) is 0 Å². The molecule has 0 aliphatic heterocycles. The Balaban J connectivity index is 3.25. The molecule has 3 nitrogen and oxygen atoms in total. The highest BCUT2D eigenvalue weighted by Crippen LogP contribution is 2.38. The van der Waals surface area contributed by atoms with Crippen LogP contribution >= 0.6 is 11.8 Å². The minimum atomic E-state index is 0.673. The van der Waals surface area contributed by atoms with Gasteiger partial charge in [0.1, 0.15) is 0 Å². The fourth-order valence-electron chi connectivity index (χ4n) is 1.10. The standard InChI is InChI=1S/C9H13NO2S/c1-11-7-4-6(10)5-8(13-3)9(7)12-2/h4-5H,10H2,1-3H3. The van der Waals surface area contributed by atoms with Gasteiger partial charge in [0.05, 0.1) is 19.1 Å². The Labute approximate surface area is 82.2 Å². The number of rotatable bonds is 3. The number of hydrogen-bond donors (Lipinski definition) is 1. The molecule has 0 saturated heterocycles. The molecule has 0 bridgehead atoms. The summed E-state index contributed by atoms with van der Waals surface area (Å²) in [4.78, 5) is 0.986. The first-order chi connectivity index (χ1) is 6.22. The monoisotopic (exact) mass is 199 g/mol. The van der Waals surface area contributed by atoms with E-state index in [2.05, 4.69) is 0 Å². The minimum Gasteiger partial charge on any atom is -0.493 e. The Morgan fingerprint density at radius 3 is 2.38 bits per heavy atom. The zero-order valence-corrected chi connectivity index (χ0v) is 8.77. The van der Waals surface area contributed by atoms with Gasteiger partial charge in [0.15, 0.2) is 11.5 Å². The molecule has 0 saturated carbocycles. The number of methoxy groups -OCH3 is 2. The Kier molecular flexibility index (Phi) is 3.31. The maximum Gasteiger partial charge on any atom is 0.174 e. The van der Waals surface area contributed by atoms with Gasteiger partial charge in [-0.3, -0.25) is 0 Å². The lowest BCUT2D eigenvalue weighted by Crippen LogP contribution is -1.95. The highest BCUT2D eigenvalue weighted by atomic mass is 32.2. The van der Waals surface area contributed by atoms with Gasteiger partial charge in [-0.25, -0.2) is 0 Å². The first kappa shape index (κ1) is 10.1. The molecule has 0 unspecified atom stereocenters. The second-order valence-corrected chi connectivity index (χ2v) is 3.31. The van der Waals surface area contributed by atoms with Crippen molar-refractivity contribution in [3.8, 4) is 11.5 Å². The van der Waals surface area contributed by atoms with Crippen molar-refractivity contribution in [2.45, 2.75) is 4.90 Å². The van der Waals surface area contributed by atoms with E-state index in [1.54, 1.807) is 32.0 Å². The maximum atomic E-state index is 5.69. The Morgan fingerprint density at radius 1 is 1.23 bits per heavy atom. The second kappa shape index (κ2) is 4.28. The van der Waals surface area contributed by atoms with Gasteiger partial charge in [-0.2, -0.15) is 0 Å². The van der Waals surface area contributed by atoms with Crippen LogP contribution in [0.3, 0.4) is 0 Å². The SMILES string of the molecule is COc1cc(N)cc(SC)c1OC. The summed E-state index contributed by atoms with van der Waals surface area (Å²) < 4.78 is 10.4. The Morgan fingerprint density at radius 2 is 1.92 bits per heavy atom. The summed E-state index contributed by atoms with van der Waals surface area (Å²) in [5, 5.41) is 0. The highest BCUT2D eigenvalue weighted by Gasteiger charge is 2.09. The highest BCUT2D eigenvalue weighted by molar-refractivity contribution is 7.98. The van der Waals surface area contributed by atoms with E-state index in [9.17, 15) is 0 Å². The van der Waals surface area contributed by atoms with Crippen molar-refractivity contribution in [1.29, 1.82) is 0 Å². The van der Waals surface area contributed by atoms with E-state index < -0.39 is 0 Å². The minimum absolute atomic E-state index is 0.673. The number of nitrogens with two attached hydrogens (primary N) is 1. The predicted octanol–water partition coefficient (Wildman–Crippen LogP) is 2.01. The van der Waals surface area contributed by atoms with Crippen LogP contribution in [0.2, 0.25) is 0 Å². The number of anilines is 1. The fourth-order valence-corrected chi connectivity index (χ4v) is 1.72. The average molecular weight is 199 g/mol. The number of ether oxygens (including phenoxy) is 2. The lowest BCUT2D eigenvalue weighted by molar-refractivity contribution is 0.348. The lowest BCUT2D eigenvalue weighted by Gasteiger charge is -2.11. The number of thioether (sulfide) groups is 1. The lowest BCUT2D eigenvalue weighted by atomic mass is 10.3. The van der Waals surface area contributed by atoms with Crippen LogP contribution < -0.4 is 15.2 Å². The maximum absolute atomic E-state index is 5.69. The van der Waals surface area contributed by atoms with Crippen LogP contribution in [-0.2, 0) is 0 Å². The van der Waals surface area contributed by atoms with Gasteiger partial charge in [0, 0.05) is 11.8 Å². The van der Waals surface area contributed by atoms with Crippen LogP contribution in [-0.4, -0.2) is 20.5 Å². The molecule has 72 valence electrons. The molecular weight excluding hydrogens is 186 g/mol. The van der Waals surface area contributed by atoms with Gasteiger partial charge in [-0.05, 0) is 12.3 Å². The van der Waals surface area contributed by atoms with Crippen LogP contribution in [0.15, 0.2) is 17.0 Å². The zero-order valence-electron chi connectivity index (χ0n) is 7.96. The van der Waals surface area contributed by atoms with E-state index in [4.69, 9.17) is 15.2 Å². The summed E-state index contributed by atoms with van der Waals surface area (Å²) in [6, 6.07) is 3.62. The summed E-state index contributed by atoms with van der Waals surface area (Å²) in [5.74, 6) is 1.41. The molecule has 0 atom stereocenters. The molecule has 1 rings (SSSR count). The molecule has 0 aromatic heterocycles. The van der Waals surface area contributed by atoms with E-state index in [-0.39, 0.29) is 0 Å². The average Bonchev–Trinajstić information content (AvgIpc) is 2.16. The summed E-state index contributed by atoms with van der Waals surface area (Å²) in [7, 11) is 3.22. The van der Waals surface area contributed by atoms with Gasteiger partial charge < -0.3 is 15.2 Å². The number of nitrogen functional groups attached to an aromatic ring is 1. The molecule has 0 fully saturated rings. The van der Waals surface area contributed by atoms with E-state index in [0.29, 0.717) is 11.4 Å². The smallest absolute Gasteiger partial charge is 0.174 e. The molecule has 0 aliphatic carbocycles. The van der Waals surface area contributed by atoms with Crippen molar-refractivity contribution in [1.82, 2.24) is 0 Å². The molecule has 0 radical (unpaired) electrons. The van der Waals surface area contributed by atoms with Crippen molar-refractivity contribution in [2.24, 2.45) is 0 Å². The summed E-state index contributed by atoms with van der Waals surface area (Å²) in [6.45, 7) is 0. The Hall–Kier alpha value is -1.03. The van der Waals surface area contributed by atoms with Crippen LogP contribution in [0.1, 0.15) is 0 Å². The zero-order chi connectivity index (χ0) is 9.84. The summed E-state index contributed by atoms with van der Waals surface area (Å²) in [5.41, 5.74) is 6.37. The second-order valence-electron chi connectivity index (χ2n) is 2.46. The van der Waals surface area contributed by atoms with Crippen molar-refractivity contribution < 1.29 is 9.47 Å². The first-order valence-corrected chi connectivity index (χ1v) is 5.01. The van der Waals surface area contributed by atoms with Gasteiger partial charge >= 0.3 is 0 Å². The van der Waals surface area contributed by atoms with Crippen LogP contribution in [0.4, 0.5) is 5.69 Å². The first-order valence-electron chi connectivity index (χ1n) is 3.78. The molecule has 0 spiro atoms.